The van der Waals surface area contributed by atoms with Gasteiger partial charge in [-0.25, -0.2) is 4.39 Å². The third kappa shape index (κ3) is 2.39. The van der Waals surface area contributed by atoms with Crippen molar-refractivity contribution in [3.8, 4) is 0 Å². The zero-order valence-corrected chi connectivity index (χ0v) is 7.71. The van der Waals surface area contributed by atoms with E-state index in [1.165, 1.54) is 18.2 Å². The SMILES string of the molecule is CCC(=O)C(=O)Nc1ccccc1F. The van der Waals surface area contributed by atoms with Gasteiger partial charge in [0.05, 0.1) is 5.69 Å². The fourth-order valence-electron chi connectivity index (χ4n) is 0.915. The molecule has 1 aromatic rings. The minimum Gasteiger partial charge on any atom is -0.317 e. The zero-order chi connectivity index (χ0) is 10.6. The number of hydrogen-bond donors (Lipinski definition) is 1. The van der Waals surface area contributed by atoms with Crippen LogP contribution in [0.4, 0.5) is 10.1 Å². The van der Waals surface area contributed by atoms with Crippen molar-refractivity contribution < 1.29 is 14.0 Å². The molecule has 0 atom stereocenters. The first-order chi connectivity index (χ1) is 6.65. The summed E-state index contributed by atoms with van der Waals surface area (Å²) in [7, 11) is 0. The van der Waals surface area contributed by atoms with Gasteiger partial charge < -0.3 is 5.32 Å². The summed E-state index contributed by atoms with van der Waals surface area (Å²) in [4.78, 5) is 22.0. The van der Waals surface area contributed by atoms with E-state index < -0.39 is 17.5 Å². The van der Waals surface area contributed by atoms with Crippen LogP contribution in [0.3, 0.4) is 0 Å². The number of carbonyl (C=O) groups excluding carboxylic acids is 2. The molecule has 0 aliphatic rings. The number of rotatable bonds is 3. The van der Waals surface area contributed by atoms with Gasteiger partial charge in [0.15, 0.2) is 0 Å². The number of Topliss-reactive ketones (excluding diaryl/α,β-unsaturated/α-hetero) is 1. The van der Waals surface area contributed by atoms with Gasteiger partial charge in [0.1, 0.15) is 5.82 Å². The number of para-hydroxylation sites is 1. The maximum absolute atomic E-state index is 13.0. The van der Waals surface area contributed by atoms with Crippen LogP contribution in [0.2, 0.25) is 0 Å². The molecule has 1 N–H and O–H groups in total. The van der Waals surface area contributed by atoms with Crippen LogP contribution in [0, 0.1) is 5.82 Å². The zero-order valence-electron chi connectivity index (χ0n) is 7.71. The number of anilines is 1. The molecule has 3 nitrogen and oxygen atoms in total. The topological polar surface area (TPSA) is 46.2 Å². The standard InChI is InChI=1S/C10H10FNO2/c1-2-9(13)10(14)12-8-6-4-3-5-7(8)11/h3-6H,2H2,1H3,(H,12,14). The van der Waals surface area contributed by atoms with Crippen molar-refractivity contribution >= 4 is 17.4 Å². The van der Waals surface area contributed by atoms with Gasteiger partial charge in [-0.2, -0.15) is 0 Å². The van der Waals surface area contributed by atoms with Crippen molar-refractivity contribution in [2.45, 2.75) is 13.3 Å². The van der Waals surface area contributed by atoms with Crippen LogP contribution < -0.4 is 5.32 Å². The van der Waals surface area contributed by atoms with Crippen LogP contribution in [0.5, 0.6) is 0 Å². The lowest BCUT2D eigenvalue weighted by atomic mass is 10.2. The Hall–Kier alpha value is -1.71. The molecule has 0 radical (unpaired) electrons. The summed E-state index contributed by atoms with van der Waals surface area (Å²) in [6.45, 7) is 1.57. The van der Waals surface area contributed by atoms with E-state index in [0.29, 0.717) is 0 Å². The van der Waals surface area contributed by atoms with E-state index in [1.807, 2.05) is 0 Å². The summed E-state index contributed by atoms with van der Waals surface area (Å²) >= 11 is 0. The monoisotopic (exact) mass is 195 g/mol. The Kier molecular flexibility index (Phi) is 3.34. The van der Waals surface area contributed by atoms with Gasteiger partial charge in [-0.05, 0) is 12.1 Å². The number of ketones is 1. The lowest BCUT2D eigenvalue weighted by Gasteiger charge is -2.03. The van der Waals surface area contributed by atoms with Gasteiger partial charge in [0.2, 0.25) is 5.78 Å². The van der Waals surface area contributed by atoms with Crippen LogP contribution >= 0.6 is 0 Å². The second kappa shape index (κ2) is 4.50. The second-order valence-electron chi connectivity index (χ2n) is 2.71. The molecule has 0 heterocycles. The fraction of sp³-hybridized carbons (Fsp3) is 0.200. The highest BCUT2D eigenvalue weighted by Gasteiger charge is 2.12. The lowest BCUT2D eigenvalue weighted by molar-refractivity contribution is -0.134. The van der Waals surface area contributed by atoms with Gasteiger partial charge in [-0.15, -0.1) is 0 Å². The molecule has 0 spiro atoms. The smallest absolute Gasteiger partial charge is 0.291 e. The summed E-state index contributed by atoms with van der Waals surface area (Å²) in [5, 5.41) is 2.20. The molecule has 0 fully saturated rings. The summed E-state index contributed by atoms with van der Waals surface area (Å²) in [5.74, 6) is -1.89. The number of hydrogen-bond acceptors (Lipinski definition) is 2. The Morgan fingerprint density at radius 1 is 1.36 bits per heavy atom. The molecular weight excluding hydrogens is 185 g/mol. The molecule has 0 aliphatic heterocycles. The highest BCUT2D eigenvalue weighted by Crippen LogP contribution is 2.12. The molecule has 0 aliphatic carbocycles. The average Bonchev–Trinajstić information content (AvgIpc) is 2.20. The Morgan fingerprint density at radius 3 is 2.57 bits per heavy atom. The number of halogens is 1. The minimum atomic E-state index is -0.780. The number of nitrogens with one attached hydrogen (secondary N) is 1. The van der Waals surface area contributed by atoms with E-state index in [9.17, 15) is 14.0 Å². The van der Waals surface area contributed by atoms with Crippen molar-refractivity contribution in [1.29, 1.82) is 0 Å². The number of carbonyl (C=O) groups is 2. The molecule has 0 saturated heterocycles. The van der Waals surface area contributed by atoms with E-state index in [4.69, 9.17) is 0 Å². The van der Waals surface area contributed by atoms with Crippen molar-refractivity contribution in [1.82, 2.24) is 0 Å². The van der Waals surface area contributed by atoms with Gasteiger partial charge >= 0.3 is 0 Å². The third-order valence-corrected chi connectivity index (χ3v) is 1.70. The first kappa shape index (κ1) is 10.4. The van der Waals surface area contributed by atoms with Crippen LogP contribution in [-0.2, 0) is 9.59 Å². The molecular formula is C10H10FNO2. The first-order valence-electron chi connectivity index (χ1n) is 4.24. The summed E-state index contributed by atoms with van der Waals surface area (Å²) in [6.07, 6.45) is 0.111. The van der Waals surface area contributed by atoms with Crippen molar-refractivity contribution in [2.75, 3.05) is 5.32 Å². The summed E-state index contributed by atoms with van der Waals surface area (Å²) in [6, 6.07) is 5.70. The first-order valence-corrected chi connectivity index (χ1v) is 4.24. The molecule has 4 heteroatoms. The largest absolute Gasteiger partial charge is 0.317 e. The van der Waals surface area contributed by atoms with E-state index in [2.05, 4.69) is 5.32 Å². The average molecular weight is 195 g/mol. The highest BCUT2D eigenvalue weighted by molar-refractivity contribution is 6.40. The Labute approximate surface area is 80.9 Å². The van der Waals surface area contributed by atoms with Crippen LogP contribution in [0.1, 0.15) is 13.3 Å². The quantitative estimate of drug-likeness (QED) is 0.747. The van der Waals surface area contributed by atoms with Crippen LogP contribution in [-0.4, -0.2) is 11.7 Å². The van der Waals surface area contributed by atoms with Gasteiger partial charge in [0.25, 0.3) is 5.91 Å². The van der Waals surface area contributed by atoms with Crippen molar-refractivity contribution in [3.63, 3.8) is 0 Å². The Morgan fingerprint density at radius 2 is 2.00 bits per heavy atom. The predicted molar refractivity (Wildman–Crippen MR) is 50.3 cm³/mol. The van der Waals surface area contributed by atoms with Gasteiger partial charge in [0, 0.05) is 6.42 Å². The number of benzene rings is 1. The number of amides is 1. The van der Waals surface area contributed by atoms with Crippen LogP contribution in [0.25, 0.3) is 0 Å². The molecule has 0 saturated carbocycles. The molecule has 0 aromatic heterocycles. The molecule has 1 amide bonds. The molecule has 74 valence electrons. The Balaban J connectivity index is 2.75. The van der Waals surface area contributed by atoms with E-state index in [-0.39, 0.29) is 12.1 Å². The fourth-order valence-corrected chi connectivity index (χ4v) is 0.915. The molecule has 0 bridgehead atoms. The maximum atomic E-state index is 13.0. The van der Waals surface area contributed by atoms with E-state index in [0.717, 1.165) is 0 Å². The van der Waals surface area contributed by atoms with Crippen LogP contribution in [0.15, 0.2) is 24.3 Å². The molecule has 0 unspecified atom stereocenters. The predicted octanol–water partition coefficient (Wildman–Crippen LogP) is 1.74. The molecule has 1 aromatic carbocycles. The molecule has 14 heavy (non-hydrogen) atoms. The lowest BCUT2D eigenvalue weighted by Crippen LogP contribution is -2.22. The minimum absolute atomic E-state index is 0.0271. The van der Waals surface area contributed by atoms with E-state index in [1.54, 1.807) is 13.0 Å². The van der Waals surface area contributed by atoms with Gasteiger partial charge in [-0.3, -0.25) is 9.59 Å². The normalized spacial score (nSPS) is 9.57. The van der Waals surface area contributed by atoms with Crippen molar-refractivity contribution in [2.24, 2.45) is 0 Å². The third-order valence-electron chi connectivity index (χ3n) is 1.70. The molecule has 1 rings (SSSR count). The second-order valence-corrected chi connectivity index (χ2v) is 2.71. The van der Waals surface area contributed by atoms with E-state index >= 15 is 0 Å². The van der Waals surface area contributed by atoms with Gasteiger partial charge in [-0.1, -0.05) is 19.1 Å². The summed E-state index contributed by atoms with van der Waals surface area (Å²) in [5.41, 5.74) is 0.0271. The maximum Gasteiger partial charge on any atom is 0.291 e. The summed E-state index contributed by atoms with van der Waals surface area (Å²) < 4.78 is 13.0. The van der Waals surface area contributed by atoms with Crippen molar-refractivity contribution in [3.05, 3.63) is 30.1 Å². The Bertz CT molecular complexity index is 363. The highest BCUT2D eigenvalue weighted by atomic mass is 19.1.